The zero-order chi connectivity index (χ0) is 17.9. The second kappa shape index (κ2) is 7.14. The van der Waals surface area contributed by atoms with Gasteiger partial charge in [0.25, 0.3) is 5.56 Å². The maximum absolute atomic E-state index is 13.2. The molecule has 2 heterocycles. The van der Waals surface area contributed by atoms with E-state index in [1.165, 1.54) is 11.8 Å². The zero-order valence-electron chi connectivity index (χ0n) is 14.3. The number of aromatic nitrogens is 3. The highest BCUT2D eigenvalue weighted by Gasteiger charge is 2.14. The van der Waals surface area contributed by atoms with Crippen molar-refractivity contribution < 1.29 is 0 Å². The second-order valence-corrected chi connectivity index (χ2v) is 6.89. The van der Waals surface area contributed by atoms with E-state index in [1.807, 2.05) is 73.7 Å². The molecule has 0 amide bonds. The summed E-state index contributed by atoms with van der Waals surface area (Å²) in [5.74, 6) is 0.650. The van der Waals surface area contributed by atoms with E-state index in [-0.39, 0.29) is 5.56 Å². The van der Waals surface area contributed by atoms with Gasteiger partial charge >= 0.3 is 0 Å². The van der Waals surface area contributed by atoms with Gasteiger partial charge in [0.05, 0.1) is 22.3 Å². The number of benzene rings is 2. The molecule has 0 saturated heterocycles. The van der Waals surface area contributed by atoms with Gasteiger partial charge in [-0.1, -0.05) is 48.2 Å². The molecule has 4 rings (SSSR count). The summed E-state index contributed by atoms with van der Waals surface area (Å²) >= 11 is 1.52. The largest absolute Gasteiger partial charge is 0.268 e. The predicted molar refractivity (Wildman–Crippen MR) is 106 cm³/mol. The highest BCUT2D eigenvalue weighted by molar-refractivity contribution is 7.98. The van der Waals surface area contributed by atoms with Crippen LogP contribution in [-0.4, -0.2) is 14.5 Å². The van der Waals surface area contributed by atoms with Crippen molar-refractivity contribution in [2.75, 3.05) is 0 Å². The minimum absolute atomic E-state index is 0.0478. The topological polar surface area (TPSA) is 47.8 Å². The van der Waals surface area contributed by atoms with Gasteiger partial charge in [-0.3, -0.25) is 14.3 Å². The van der Waals surface area contributed by atoms with Gasteiger partial charge in [-0.15, -0.1) is 0 Å². The fourth-order valence-electron chi connectivity index (χ4n) is 2.86. The monoisotopic (exact) mass is 359 g/mol. The normalized spacial score (nSPS) is 11.0. The molecule has 0 N–H and O–H groups in total. The Bertz CT molecular complexity index is 1110. The van der Waals surface area contributed by atoms with Crippen molar-refractivity contribution in [1.82, 2.24) is 14.5 Å². The van der Waals surface area contributed by atoms with Crippen molar-refractivity contribution in [3.05, 3.63) is 94.5 Å². The number of hydrogen-bond acceptors (Lipinski definition) is 4. The SMILES string of the molecule is Cc1cccc2c(=O)n(-c3ccccc3)c(SCc3ccccn3)nc12. The first-order chi connectivity index (χ1) is 12.7. The van der Waals surface area contributed by atoms with Crippen LogP contribution < -0.4 is 5.56 Å². The number of nitrogens with zero attached hydrogens (tertiary/aromatic N) is 3. The molecule has 0 saturated carbocycles. The number of pyridine rings is 1. The van der Waals surface area contributed by atoms with Crippen molar-refractivity contribution in [1.29, 1.82) is 0 Å². The van der Waals surface area contributed by atoms with Crippen LogP contribution in [0.2, 0.25) is 0 Å². The van der Waals surface area contributed by atoms with Crippen molar-refractivity contribution in [2.24, 2.45) is 0 Å². The smallest absolute Gasteiger partial charge is 0.266 e. The summed E-state index contributed by atoms with van der Waals surface area (Å²) in [6.45, 7) is 1.98. The molecule has 128 valence electrons. The first-order valence-electron chi connectivity index (χ1n) is 8.34. The Labute approximate surface area is 155 Å². The van der Waals surface area contributed by atoms with Crippen LogP contribution in [0, 0.1) is 6.92 Å². The average molecular weight is 359 g/mol. The van der Waals surface area contributed by atoms with Crippen molar-refractivity contribution >= 4 is 22.7 Å². The number of fused-ring (bicyclic) bond motifs is 1. The Hall–Kier alpha value is -2.92. The standard InChI is InChI=1S/C21H17N3OS/c1-15-8-7-12-18-19(15)23-21(26-14-16-9-5-6-13-22-16)24(20(18)25)17-10-3-2-4-11-17/h2-13H,14H2,1H3. The Morgan fingerprint density at radius 3 is 2.54 bits per heavy atom. The number of thioether (sulfide) groups is 1. The van der Waals surface area contributed by atoms with Gasteiger partial charge in [0, 0.05) is 11.9 Å². The molecule has 26 heavy (non-hydrogen) atoms. The molecule has 0 aliphatic rings. The summed E-state index contributed by atoms with van der Waals surface area (Å²) in [6.07, 6.45) is 1.78. The summed E-state index contributed by atoms with van der Waals surface area (Å²) < 4.78 is 1.69. The fourth-order valence-corrected chi connectivity index (χ4v) is 3.78. The lowest BCUT2D eigenvalue weighted by Gasteiger charge is -2.14. The van der Waals surface area contributed by atoms with Crippen LogP contribution in [0.3, 0.4) is 0 Å². The predicted octanol–water partition coefficient (Wildman–Crippen LogP) is 4.38. The van der Waals surface area contributed by atoms with Crippen molar-refractivity contribution in [3.63, 3.8) is 0 Å². The minimum atomic E-state index is -0.0478. The molecule has 5 heteroatoms. The van der Waals surface area contributed by atoms with Crippen LogP contribution in [0.15, 0.2) is 82.9 Å². The van der Waals surface area contributed by atoms with Gasteiger partial charge in [0.2, 0.25) is 0 Å². The molecule has 2 aromatic carbocycles. The Kier molecular flexibility index (Phi) is 4.54. The summed E-state index contributed by atoms with van der Waals surface area (Å²) in [5, 5.41) is 1.31. The molecule has 4 aromatic rings. The molecule has 4 nitrogen and oxygen atoms in total. The number of aryl methyl sites for hydroxylation is 1. The molecule has 0 radical (unpaired) electrons. The van der Waals surface area contributed by atoms with E-state index in [9.17, 15) is 4.79 Å². The van der Waals surface area contributed by atoms with Gasteiger partial charge in [0.1, 0.15) is 0 Å². The molecule has 0 atom stereocenters. The molecule has 0 bridgehead atoms. The molecular weight excluding hydrogens is 342 g/mol. The van der Waals surface area contributed by atoms with Gasteiger partial charge < -0.3 is 0 Å². The van der Waals surface area contributed by atoms with Crippen LogP contribution in [0.5, 0.6) is 0 Å². The van der Waals surface area contributed by atoms with Crippen molar-refractivity contribution in [3.8, 4) is 5.69 Å². The van der Waals surface area contributed by atoms with Crippen LogP contribution in [0.25, 0.3) is 16.6 Å². The third-order valence-electron chi connectivity index (χ3n) is 4.16. The fraction of sp³-hybridized carbons (Fsp3) is 0.0952. The van der Waals surface area contributed by atoms with E-state index in [0.717, 1.165) is 22.5 Å². The van der Waals surface area contributed by atoms with E-state index in [0.29, 0.717) is 16.3 Å². The lowest BCUT2D eigenvalue weighted by atomic mass is 10.1. The van der Waals surface area contributed by atoms with E-state index in [1.54, 1.807) is 10.8 Å². The van der Waals surface area contributed by atoms with E-state index in [2.05, 4.69) is 4.98 Å². The van der Waals surface area contributed by atoms with Crippen LogP contribution in [0.1, 0.15) is 11.3 Å². The third-order valence-corrected chi connectivity index (χ3v) is 5.13. The summed E-state index contributed by atoms with van der Waals surface area (Å²) in [6, 6.07) is 21.2. The second-order valence-electron chi connectivity index (χ2n) is 5.95. The number of para-hydroxylation sites is 2. The van der Waals surface area contributed by atoms with E-state index in [4.69, 9.17) is 4.98 Å². The molecular formula is C21H17N3OS. The number of hydrogen-bond donors (Lipinski definition) is 0. The van der Waals surface area contributed by atoms with Gasteiger partial charge in [0.15, 0.2) is 5.16 Å². The van der Waals surface area contributed by atoms with Crippen LogP contribution >= 0.6 is 11.8 Å². The van der Waals surface area contributed by atoms with Crippen LogP contribution in [-0.2, 0) is 5.75 Å². The quantitative estimate of drug-likeness (QED) is 0.401. The maximum Gasteiger partial charge on any atom is 0.266 e. The van der Waals surface area contributed by atoms with Gasteiger partial charge in [-0.25, -0.2) is 4.98 Å². The summed E-state index contributed by atoms with van der Waals surface area (Å²) in [4.78, 5) is 22.4. The summed E-state index contributed by atoms with van der Waals surface area (Å²) in [7, 11) is 0. The highest BCUT2D eigenvalue weighted by atomic mass is 32.2. The molecule has 0 aliphatic heterocycles. The Balaban J connectivity index is 1.88. The molecule has 2 aromatic heterocycles. The molecule has 0 unspecified atom stereocenters. The molecule has 0 aliphatic carbocycles. The maximum atomic E-state index is 13.2. The highest BCUT2D eigenvalue weighted by Crippen LogP contribution is 2.25. The lowest BCUT2D eigenvalue weighted by molar-refractivity contribution is 0.818. The van der Waals surface area contributed by atoms with E-state index >= 15 is 0 Å². The van der Waals surface area contributed by atoms with E-state index < -0.39 is 0 Å². The first kappa shape index (κ1) is 16.5. The Morgan fingerprint density at radius 1 is 0.962 bits per heavy atom. The van der Waals surface area contributed by atoms with Gasteiger partial charge in [-0.05, 0) is 42.8 Å². The molecule has 0 spiro atoms. The lowest BCUT2D eigenvalue weighted by Crippen LogP contribution is -2.22. The van der Waals surface area contributed by atoms with Gasteiger partial charge in [-0.2, -0.15) is 0 Å². The summed E-state index contributed by atoms with van der Waals surface area (Å²) in [5.41, 5.74) is 3.48. The molecule has 0 fully saturated rings. The zero-order valence-corrected chi connectivity index (χ0v) is 15.1. The van der Waals surface area contributed by atoms with Crippen LogP contribution in [0.4, 0.5) is 0 Å². The average Bonchev–Trinajstić information content (AvgIpc) is 2.69. The van der Waals surface area contributed by atoms with Crippen molar-refractivity contribution in [2.45, 2.75) is 17.8 Å². The third kappa shape index (κ3) is 3.13. The minimum Gasteiger partial charge on any atom is -0.268 e. The Morgan fingerprint density at radius 2 is 1.77 bits per heavy atom. The first-order valence-corrected chi connectivity index (χ1v) is 9.33. The number of rotatable bonds is 4.